The Bertz CT molecular complexity index is 594. The van der Waals surface area contributed by atoms with E-state index in [4.69, 9.17) is 5.73 Å². The molecule has 0 aliphatic heterocycles. The molecule has 1 aromatic carbocycles. The number of hydrogen-bond acceptors (Lipinski definition) is 5. The van der Waals surface area contributed by atoms with Gasteiger partial charge in [-0.2, -0.15) is 0 Å². The minimum atomic E-state index is -3.30. The van der Waals surface area contributed by atoms with Gasteiger partial charge in [0.25, 0.3) is 5.91 Å². The summed E-state index contributed by atoms with van der Waals surface area (Å²) >= 11 is 0. The van der Waals surface area contributed by atoms with Gasteiger partial charge in [-0.25, -0.2) is 8.42 Å². The first-order chi connectivity index (χ1) is 8.56. The van der Waals surface area contributed by atoms with Crippen molar-refractivity contribution in [2.75, 3.05) is 18.5 Å². The molecule has 0 saturated heterocycles. The van der Waals surface area contributed by atoms with Crippen LogP contribution >= 0.6 is 0 Å². The lowest BCUT2D eigenvalue weighted by molar-refractivity contribution is 0.0948. The van der Waals surface area contributed by atoms with Crippen molar-refractivity contribution < 1.29 is 18.3 Å². The molecular formula is C12H18N2O4S. The van der Waals surface area contributed by atoms with Crippen molar-refractivity contribution in [1.82, 2.24) is 5.32 Å². The Balaban J connectivity index is 2.85. The monoisotopic (exact) mass is 286 g/mol. The third-order valence-corrected chi connectivity index (χ3v) is 5.14. The Morgan fingerprint density at radius 3 is 2.53 bits per heavy atom. The van der Waals surface area contributed by atoms with Crippen LogP contribution in [0, 0.1) is 0 Å². The van der Waals surface area contributed by atoms with Gasteiger partial charge in [0.1, 0.15) is 0 Å². The van der Waals surface area contributed by atoms with Crippen LogP contribution in [0.25, 0.3) is 0 Å². The normalized spacial score (nSPS) is 12.2. The van der Waals surface area contributed by atoms with Crippen LogP contribution in [0.1, 0.15) is 24.2 Å². The molecule has 7 heteroatoms. The summed E-state index contributed by atoms with van der Waals surface area (Å²) in [6, 6.07) is 4.41. The molecule has 1 amide bonds. The average Bonchev–Trinajstić information content (AvgIpc) is 2.28. The highest BCUT2D eigenvalue weighted by Gasteiger charge is 2.30. The number of nitrogen functional groups attached to an aromatic ring is 1. The maximum absolute atomic E-state index is 11.9. The van der Waals surface area contributed by atoms with Gasteiger partial charge in [0.15, 0.2) is 15.6 Å². The molecule has 0 atom stereocenters. The van der Waals surface area contributed by atoms with Crippen molar-refractivity contribution in [3.63, 3.8) is 0 Å². The number of sulfone groups is 1. The third kappa shape index (κ3) is 3.37. The van der Waals surface area contributed by atoms with Crippen molar-refractivity contribution >= 4 is 21.4 Å². The fourth-order valence-electron chi connectivity index (χ4n) is 1.26. The summed E-state index contributed by atoms with van der Waals surface area (Å²) in [5.41, 5.74) is 5.59. The van der Waals surface area contributed by atoms with Crippen LogP contribution in [0.5, 0.6) is 5.75 Å². The van der Waals surface area contributed by atoms with Crippen molar-refractivity contribution in [3.8, 4) is 5.75 Å². The van der Waals surface area contributed by atoms with E-state index < -0.39 is 20.5 Å². The summed E-state index contributed by atoms with van der Waals surface area (Å²) in [6.07, 6.45) is 1.11. The SMILES string of the molecule is CC(C)(CNC(=O)c1cccc(N)c1O)S(C)(=O)=O. The molecule has 0 fully saturated rings. The zero-order valence-electron chi connectivity index (χ0n) is 11.1. The molecule has 0 heterocycles. The van der Waals surface area contributed by atoms with Crippen molar-refractivity contribution in [3.05, 3.63) is 23.8 Å². The number of rotatable bonds is 4. The first-order valence-corrected chi connectivity index (χ1v) is 7.50. The molecule has 6 nitrogen and oxygen atoms in total. The smallest absolute Gasteiger partial charge is 0.255 e. The van der Waals surface area contributed by atoms with Gasteiger partial charge in [0.05, 0.1) is 16.0 Å². The van der Waals surface area contributed by atoms with Gasteiger partial charge < -0.3 is 16.2 Å². The summed E-state index contributed by atoms with van der Waals surface area (Å²) in [5, 5.41) is 12.1. The van der Waals surface area contributed by atoms with Gasteiger partial charge in [-0.05, 0) is 26.0 Å². The van der Waals surface area contributed by atoms with E-state index in [9.17, 15) is 18.3 Å². The summed E-state index contributed by atoms with van der Waals surface area (Å²) in [7, 11) is -3.30. The lowest BCUT2D eigenvalue weighted by Crippen LogP contribution is -2.43. The molecule has 4 N–H and O–H groups in total. The van der Waals surface area contributed by atoms with Gasteiger partial charge in [0.2, 0.25) is 0 Å². The lowest BCUT2D eigenvalue weighted by atomic mass is 10.1. The number of aromatic hydroxyl groups is 1. The number of benzene rings is 1. The van der Waals surface area contributed by atoms with E-state index in [1.165, 1.54) is 32.0 Å². The minimum absolute atomic E-state index is 0.0179. The van der Waals surface area contributed by atoms with Crippen LogP contribution in [0.15, 0.2) is 18.2 Å². The molecule has 19 heavy (non-hydrogen) atoms. The minimum Gasteiger partial charge on any atom is -0.505 e. The molecule has 0 spiro atoms. The summed E-state index contributed by atoms with van der Waals surface area (Å²) in [6.45, 7) is 2.97. The Hall–Kier alpha value is -1.76. The van der Waals surface area contributed by atoms with E-state index in [1.807, 2.05) is 0 Å². The number of para-hydroxylation sites is 1. The summed E-state index contributed by atoms with van der Waals surface area (Å²) < 4.78 is 21.9. The standard InChI is InChI=1S/C12H18N2O4S/c1-12(2,19(3,17)18)7-14-11(16)8-5-4-6-9(13)10(8)15/h4-6,15H,7,13H2,1-3H3,(H,14,16). The lowest BCUT2D eigenvalue weighted by Gasteiger charge is -2.22. The summed E-state index contributed by atoms with van der Waals surface area (Å²) in [5.74, 6) is -0.876. The zero-order valence-corrected chi connectivity index (χ0v) is 11.9. The second-order valence-electron chi connectivity index (χ2n) is 4.96. The maximum atomic E-state index is 11.9. The number of hydrogen-bond donors (Lipinski definition) is 3. The second-order valence-corrected chi connectivity index (χ2v) is 7.61. The Labute approximate surface area is 112 Å². The molecule has 1 aromatic rings. The molecule has 0 aromatic heterocycles. The van der Waals surface area contributed by atoms with Crippen molar-refractivity contribution in [1.29, 1.82) is 0 Å². The number of carbonyl (C=O) groups excluding carboxylic acids is 1. The fraction of sp³-hybridized carbons (Fsp3) is 0.417. The van der Waals surface area contributed by atoms with Crippen LogP contribution in [0.3, 0.4) is 0 Å². The zero-order chi connectivity index (χ0) is 14.8. The van der Waals surface area contributed by atoms with E-state index in [0.29, 0.717) is 0 Å². The van der Waals surface area contributed by atoms with Crippen molar-refractivity contribution in [2.24, 2.45) is 0 Å². The van der Waals surface area contributed by atoms with E-state index in [2.05, 4.69) is 5.32 Å². The molecule has 0 bridgehead atoms. The average molecular weight is 286 g/mol. The highest BCUT2D eigenvalue weighted by atomic mass is 32.2. The number of phenolic OH excluding ortho intramolecular Hbond substituents is 1. The van der Waals surface area contributed by atoms with Crippen LogP contribution < -0.4 is 11.1 Å². The van der Waals surface area contributed by atoms with E-state index >= 15 is 0 Å². The molecule has 106 valence electrons. The molecule has 0 aliphatic rings. The van der Waals surface area contributed by atoms with Gasteiger partial charge in [-0.1, -0.05) is 6.07 Å². The predicted molar refractivity (Wildman–Crippen MR) is 73.8 cm³/mol. The highest BCUT2D eigenvalue weighted by Crippen LogP contribution is 2.24. The largest absolute Gasteiger partial charge is 0.505 e. The van der Waals surface area contributed by atoms with Crippen LogP contribution in [-0.2, 0) is 9.84 Å². The molecule has 0 radical (unpaired) electrons. The number of carbonyl (C=O) groups is 1. The van der Waals surface area contributed by atoms with Gasteiger partial charge in [-0.15, -0.1) is 0 Å². The van der Waals surface area contributed by atoms with Crippen LogP contribution in [0.2, 0.25) is 0 Å². The Morgan fingerprint density at radius 1 is 1.42 bits per heavy atom. The molecule has 0 saturated carbocycles. The predicted octanol–water partition coefficient (Wildman–Crippen LogP) is 0.527. The quantitative estimate of drug-likeness (QED) is 0.552. The number of nitrogens with two attached hydrogens (primary N) is 1. The number of nitrogens with one attached hydrogen (secondary N) is 1. The number of amides is 1. The van der Waals surface area contributed by atoms with Crippen LogP contribution in [-0.4, -0.2) is 37.0 Å². The van der Waals surface area contributed by atoms with E-state index in [-0.39, 0.29) is 23.5 Å². The molecular weight excluding hydrogens is 268 g/mol. The second kappa shape index (κ2) is 5.08. The molecule has 0 aliphatic carbocycles. The number of phenols is 1. The van der Waals surface area contributed by atoms with Gasteiger partial charge in [-0.3, -0.25) is 4.79 Å². The van der Waals surface area contributed by atoms with Crippen LogP contribution in [0.4, 0.5) is 5.69 Å². The first-order valence-electron chi connectivity index (χ1n) is 5.61. The fourth-order valence-corrected chi connectivity index (χ4v) is 1.60. The van der Waals surface area contributed by atoms with Gasteiger partial charge >= 0.3 is 0 Å². The highest BCUT2D eigenvalue weighted by molar-refractivity contribution is 7.92. The Kier molecular flexibility index (Phi) is 4.09. The topological polar surface area (TPSA) is 109 Å². The first kappa shape index (κ1) is 15.3. The van der Waals surface area contributed by atoms with Crippen molar-refractivity contribution in [2.45, 2.75) is 18.6 Å². The molecule has 1 rings (SSSR count). The number of anilines is 1. The van der Waals surface area contributed by atoms with E-state index in [1.54, 1.807) is 0 Å². The van der Waals surface area contributed by atoms with E-state index in [0.717, 1.165) is 6.26 Å². The molecule has 0 unspecified atom stereocenters. The summed E-state index contributed by atoms with van der Waals surface area (Å²) in [4.78, 5) is 11.9. The third-order valence-electron chi connectivity index (χ3n) is 2.99. The van der Waals surface area contributed by atoms with Gasteiger partial charge in [0, 0.05) is 12.8 Å². The maximum Gasteiger partial charge on any atom is 0.255 e. The Morgan fingerprint density at radius 2 is 2.00 bits per heavy atom.